The van der Waals surface area contributed by atoms with E-state index in [2.05, 4.69) is 28.4 Å². The van der Waals surface area contributed by atoms with Crippen LogP contribution in [0.4, 0.5) is 11.4 Å². The summed E-state index contributed by atoms with van der Waals surface area (Å²) in [5.41, 5.74) is 3.53. The minimum absolute atomic E-state index is 0.736. The lowest BCUT2D eigenvalue weighted by molar-refractivity contribution is 0.415. The molecule has 0 spiro atoms. The predicted octanol–water partition coefficient (Wildman–Crippen LogP) is 3.45. The minimum Gasteiger partial charge on any atom is -0.497 e. The summed E-state index contributed by atoms with van der Waals surface area (Å²) < 4.78 is 5.15. The number of hydrogen-bond donors (Lipinski definition) is 1. The molecular weight excluding hydrogens is 268 g/mol. The van der Waals surface area contributed by atoms with E-state index in [0.717, 1.165) is 29.5 Å². The van der Waals surface area contributed by atoms with Crippen molar-refractivity contribution in [3.63, 3.8) is 0 Å². The summed E-state index contributed by atoms with van der Waals surface area (Å²) in [5, 5.41) is 4.01. The van der Waals surface area contributed by atoms with Crippen molar-refractivity contribution >= 4 is 28.7 Å². The van der Waals surface area contributed by atoms with E-state index in [4.69, 9.17) is 17.0 Å². The third-order valence-corrected chi connectivity index (χ3v) is 3.80. The lowest BCUT2D eigenvalue weighted by Crippen LogP contribution is -2.33. The molecule has 2 aromatic carbocycles. The molecular formula is C16H16N2OS. The number of nitrogens with one attached hydrogen (secondary N) is 1. The Morgan fingerprint density at radius 2 is 1.90 bits per heavy atom. The van der Waals surface area contributed by atoms with E-state index < -0.39 is 0 Å². The van der Waals surface area contributed by atoms with Gasteiger partial charge >= 0.3 is 0 Å². The highest BCUT2D eigenvalue weighted by molar-refractivity contribution is 7.80. The average molecular weight is 284 g/mol. The standard InChI is InChI=1S/C16H16N2OS/c1-19-14-8-6-13(7-9-14)17-16(20)18-11-10-12-4-2-3-5-15(12)18/h2-9H,10-11H2,1H3,(H,17,20). The number of ether oxygens (including phenoxy) is 1. The fraction of sp³-hybridized carbons (Fsp3) is 0.188. The normalized spacial score (nSPS) is 12.9. The Morgan fingerprint density at radius 3 is 2.65 bits per heavy atom. The Labute approximate surface area is 124 Å². The number of anilines is 2. The zero-order chi connectivity index (χ0) is 13.9. The van der Waals surface area contributed by atoms with Crippen LogP contribution in [0.15, 0.2) is 48.5 Å². The van der Waals surface area contributed by atoms with Crippen LogP contribution in [-0.2, 0) is 6.42 Å². The van der Waals surface area contributed by atoms with Gasteiger partial charge in [-0.05, 0) is 54.5 Å². The maximum atomic E-state index is 5.52. The van der Waals surface area contributed by atoms with E-state index >= 15 is 0 Å². The van der Waals surface area contributed by atoms with Crippen molar-refractivity contribution in [2.45, 2.75) is 6.42 Å². The molecule has 0 atom stereocenters. The van der Waals surface area contributed by atoms with Gasteiger partial charge in [-0.25, -0.2) is 0 Å². The number of para-hydroxylation sites is 1. The SMILES string of the molecule is COc1ccc(NC(=S)N2CCc3ccccc32)cc1. The van der Waals surface area contributed by atoms with Crippen LogP contribution in [-0.4, -0.2) is 18.8 Å². The van der Waals surface area contributed by atoms with Crippen LogP contribution in [0.3, 0.4) is 0 Å². The molecule has 1 N–H and O–H groups in total. The van der Waals surface area contributed by atoms with Crippen LogP contribution in [0.2, 0.25) is 0 Å². The molecule has 0 aromatic heterocycles. The molecule has 1 heterocycles. The van der Waals surface area contributed by atoms with E-state index in [1.54, 1.807) is 7.11 Å². The number of thiocarbonyl (C=S) groups is 1. The van der Waals surface area contributed by atoms with Crippen LogP contribution in [0, 0.1) is 0 Å². The first-order valence-corrected chi connectivity index (χ1v) is 6.99. The first kappa shape index (κ1) is 12.9. The number of benzene rings is 2. The smallest absolute Gasteiger partial charge is 0.177 e. The van der Waals surface area contributed by atoms with Crippen molar-refractivity contribution in [1.29, 1.82) is 0 Å². The van der Waals surface area contributed by atoms with E-state index in [1.165, 1.54) is 11.3 Å². The molecule has 102 valence electrons. The first-order valence-electron chi connectivity index (χ1n) is 6.58. The molecule has 0 radical (unpaired) electrons. The molecule has 0 saturated heterocycles. The Bertz CT molecular complexity index is 625. The monoisotopic (exact) mass is 284 g/mol. The summed E-state index contributed by atoms with van der Waals surface area (Å²) in [6.45, 7) is 0.932. The number of rotatable bonds is 2. The summed E-state index contributed by atoms with van der Waals surface area (Å²) in [6, 6.07) is 16.2. The van der Waals surface area contributed by atoms with Gasteiger partial charge in [0.2, 0.25) is 0 Å². The van der Waals surface area contributed by atoms with Gasteiger partial charge in [-0.15, -0.1) is 0 Å². The Balaban J connectivity index is 1.74. The lowest BCUT2D eigenvalue weighted by Gasteiger charge is -2.21. The first-order chi connectivity index (χ1) is 9.78. The molecule has 0 amide bonds. The van der Waals surface area contributed by atoms with Crippen molar-refractivity contribution in [1.82, 2.24) is 0 Å². The van der Waals surface area contributed by atoms with E-state index in [9.17, 15) is 0 Å². The molecule has 2 aromatic rings. The largest absolute Gasteiger partial charge is 0.497 e. The number of nitrogens with zero attached hydrogens (tertiary/aromatic N) is 1. The fourth-order valence-corrected chi connectivity index (χ4v) is 2.72. The van der Waals surface area contributed by atoms with Crippen molar-refractivity contribution in [2.24, 2.45) is 0 Å². The van der Waals surface area contributed by atoms with Gasteiger partial charge in [-0.1, -0.05) is 18.2 Å². The van der Waals surface area contributed by atoms with Gasteiger partial charge in [0, 0.05) is 17.9 Å². The molecule has 0 unspecified atom stereocenters. The van der Waals surface area contributed by atoms with Crippen molar-refractivity contribution in [3.05, 3.63) is 54.1 Å². The second-order valence-electron chi connectivity index (χ2n) is 4.69. The number of hydrogen-bond acceptors (Lipinski definition) is 2. The summed E-state index contributed by atoms with van der Waals surface area (Å²) in [5.74, 6) is 0.841. The number of methoxy groups -OCH3 is 1. The molecule has 0 saturated carbocycles. The molecule has 20 heavy (non-hydrogen) atoms. The molecule has 1 aliphatic rings. The van der Waals surface area contributed by atoms with Gasteiger partial charge in [-0.3, -0.25) is 0 Å². The molecule has 0 fully saturated rings. The maximum absolute atomic E-state index is 5.52. The third kappa shape index (κ3) is 2.47. The van der Waals surface area contributed by atoms with Crippen molar-refractivity contribution < 1.29 is 4.74 Å². The van der Waals surface area contributed by atoms with Gasteiger partial charge in [0.05, 0.1) is 7.11 Å². The van der Waals surface area contributed by atoms with Gasteiger partial charge in [0.1, 0.15) is 5.75 Å². The highest BCUT2D eigenvalue weighted by atomic mass is 32.1. The predicted molar refractivity (Wildman–Crippen MR) is 86.7 cm³/mol. The lowest BCUT2D eigenvalue weighted by atomic mass is 10.2. The zero-order valence-corrected chi connectivity index (χ0v) is 12.1. The molecule has 4 heteroatoms. The van der Waals surface area contributed by atoms with Gasteiger partial charge in [0.15, 0.2) is 5.11 Å². The average Bonchev–Trinajstić information content (AvgIpc) is 2.92. The highest BCUT2D eigenvalue weighted by Crippen LogP contribution is 2.28. The van der Waals surface area contributed by atoms with Crippen LogP contribution in [0.5, 0.6) is 5.75 Å². The Kier molecular flexibility index (Phi) is 3.56. The van der Waals surface area contributed by atoms with Gasteiger partial charge < -0.3 is 15.0 Å². The minimum atomic E-state index is 0.736. The van der Waals surface area contributed by atoms with Gasteiger partial charge in [-0.2, -0.15) is 0 Å². The zero-order valence-electron chi connectivity index (χ0n) is 11.3. The van der Waals surface area contributed by atoms with Crippen molar-refractivity contribution in [3.8, 4) is 5.75 Å². The van der Waals surface area contributed by atoms with E-state index in [1.807, 2.05) is 30.3 Å². The van der Waals surface area contributed by atoms with Crippen LogP contribution >= 0.6 is 12.2 Å². The second-order valence-corrected chi connectivity index (χ2v) is 5.08. The van der Waals surface area contributed by atoms with Crippen LogP contribution in [0.1, 0.15) is 5.56 Å². The van der Waals surface area contributed by atoms with E-state index in [0.29, 0.717) is 0 Å². The fourth-order valence-electron chi connectivity index (χ4n) is 2.41. The Hall–Kier alpha value is -2.07. The maximum Gasteiger partial charge on any atom is 0.177 e. The Morgan fingerprint density at radius 1 is 1.15 bits per heavy atom. The second kappa shape index (κ2) is 5.51. The van der Waals surface area contributed by atoms with Crippen LogP contribution < -0.4 is 15.0 Å². The number of fused-ring (bicyclic) bond motifs is 1. The molecule has 3 nitrogen and oxygen atoms in total. The molecule has 3 rings (SSSR count). The van der Waals surface area contributed by atoms with Crippen molar-refractivity contribution in [2.75, 3.05) is 23.9 Å². The van der Waals surface area contributed by atoms with E-state index in [-0.39, 0.29) is 0 Å². The summed E-state index contributed by atoms with van der Waals surface area (Å²) in [4.78, 5) is 2.15. The molecule has 1 aliphatic heterocycles. The summed E-state index contributed by atoms with van der Waals surface area (Å²) in [6.07, 6.45) is 1.04. The molecule has 0 aliphatic carbocycles. The third-order valence-electron chi connectivity index (χ3n) is 3.47. The van der Waals surface area contributed by atoms with Crippen LogP contribution in [0.25, 0.3) is 0 Å². The summed E-state index contributed by atoms with van der Waals surface area (Å²) >= 11 is 5.52. The summed E-state index contributed by atoms with van der Waals surface area (Å²) in [7, 11) is 1.66. The molecule has 0 bridgehead atoms. The van der Waals surface area contributed by atoms with Gasteiger partial charge in [0.25, 0.3) is 0 Å². The topological polar surface area (TPSA) is 24.5 Å². The highest BCUT2D eigenvalue weighted by Gasteiger charge is 2.21. The quantitative estimate of drug-likeness (QED) is 0.854.